The lowest BCUT2D eigenvalue weighted by Crippen LogP contribution is -2.03. The topological polar surface area (TPSA) is 29.3 Å². The summed E-state index contributed by atoms with van der Waals surface area (Å²) in [7, 11) is 0. The lowest BCUT2D eigenvalue weighted by atomic mass is 10.2. The maximum atomic E-state index is 4.70. The van der Waals surface area contributed by atoms with Gasteiger partial charge in [0.05, 0.1) is 16.7 Å². The Morgan fingerprint density at radius 1 is 0.733 bits per heavy atom. The van der Waals surface area contributed by atoms with Crippen molar-refractivity contribution in [2.45, 2.75) is 6.92 Å². The highest BCUT2D eigenvalue weighted by Gasteiger charge is 2.11. The van der Waals surface area contributed by atoms with E-state index in [1.54, 1.807) is 0 Å². The molecule has 146 valence electrons. The minimum Gasteiger partial charge on any atom is -0.335 e. The largest absolute Gasteiger partial charge is 0.335 e. The SMILES string of the molecule is Cc1ccccc1N=C(I)Nc1ccc(-n2c3ccccc3c3ccccc32)cc1. The van der Waals surface area contributed by atoms with E-state index in [-0.39, 0.29) is 0 Å². The summed E-state index contributed by atoms with van der Waals surface area (Å²) < 4.78 is 3.16. The number of anilines is 1. The van der Waals surface area contributed by atoms with Crippen LogP contribution in [0.1, 0.15) is 5.56 Å². The van der Waals surface area contributed by atoms with Gasteiger partial charge >= 0.3 is 0 Å². The minimum atomic E-state index is 0.839. The third kappa shape index (κ3) is 3.48. The van der Waals surface area contributed by atoms with E-state index < -0.39 is 0 Å². The summed E-state index contributed by atoms with van der Waals surface area (Å²) in [5.74, 6) is 0. The van der Waals surface area contributed by atoms with Crippen LogP contribution < -0.4 is 5.32 Å². The molecule has 0 aliphatic heterocycles. The van der Waals surface area contributed by atoms with Crippen LogP contribution in [-0.4, -0.2) is 8.41 Å². The van der Waals surface area contributed by atoms with E-state index in [1.807, 2.05) is 18.2 Å². The summed E-state index contributed by atoms with van der Waals surface area (Å²) in [5, 5.41) is 5.94. The summed E-state index contributed by atoms with van der Waals surface area (Å²) in [5.41, 5.74) is 6.74. The molecule has 0 aliphatic carbocycles. The molecule has 0 atom stereocenters. The number of amidine groups is 1. The van der Waals surface area contributed by atoms with E-state index in [1.165, 1.54) is 21.8 Å². The van der Waals surface area contributed by atoms with E-state index in [9.17, 15) is 0 Å². The number of nitrogens with zero attached hydrogens (tertiary/aromatic N) is 2. The van der Waals surface area contributed by atoms with Gasteiger partial charge in [0.2, 0.25) is 0 Å². The van der Waals surface area contributed by atoms with Crippen molar-refractivity contribution in [1.29, 1.82) is 0 Å². The monoisotopic (exact) mass is 501 g/mol. The number of hydrogen-bond acceptors (Lipinski definition) is 1. The molecule has 5 aromatic rings. The summed E-state index contributed by atoms with van der Waals surface area (Å²) >= 11 is 2.24. The van der Waals surface area contributed by atoms with Gasteiger partial charge in [-0.05, 0) is 77.5 Å². The molecule has 0 saturated heterocycles. The number of aromatic nitrogens is 1. The number of aliphatic imine (C=N–C) groups is 1. The fraction of sp³-hybridized carbons (Fsp3) is 0.0385. The standard InChI is InChI=1S/C26H20IN3/c1-18-8-2-5-11-23(18)29-26(27)28-19-14-16-20(17-15-19)30-24-12-6-3-9-21(24)22-10-4-7-13-25(22)30/h2-17H,1H3,(H,28,29). The van der Waals surface area contributed by atoms with Gasteiger partial charge in [-0.3, -0.25) is 0 Å². The number of nitrogens with one attached hydrogen (secondary N) is 1. The second-order valence-corrected chi connectivity index (χ2v) is 8.25. The molecular formula is C26H20IN3. The van der Waals surface area contributed by atoms with Crippen LogP contribution in [0.5, 0.6) is 0 Å². The van der Waals surface area contributed by atoms with Crippen molar-refractivity contribution >= 4 is 59.6 Å². The van der Waals surface area contributed by atoms with Crippen LogP contribution in [-0.2, 0) is 0 Å². The van der Waals surface area contributed by atoms with Gasteiger partial charge in [-0.2, -0.15) is 0 Å². The number of aryl methyl sites for hydroxylation is 1. The number of halogens is 1. The Labute approximate surface area is 189 Å². The molecule has 1 N–H and O–H groups in total. The number of para-hydroxylation sites is 3. The average molecular weight is 501 g/mol. The molecule has 30 heavy (non-hydrogen) atoms. The fourth-order valence-corrected chi connectivity index (χ4v) is 4.41. The molecule has 0 unspecified atom stereocenters. The van der Waals surface area contributed by atoms with Crippen molar-refractivity contribution in [1.82, 2.24) is 4.57 Å². The predicted octanol–water partition coefficient (Wildman–Crippen LogP) is 7.63. The summed E-state index contributed by atoms with van der Waals surface area (Å²) in [4.78, 5) is 4.70. The maximum absolute atomic E-state index is 4.70. The second-order valence-electron chi connectivity index (χ2n) is 7.23. The fourth-order valence-electron chi connectivity index (χ4n) is 3.84. The molecule has 0 spiro atoms. The summed E-state index contributed by atoms with van der Waals surface area (Å²) in [6, 6.07) is 33.8. The van der Waals surface area contributed by atoms with Crippen LogP contribution in [0, 0.1) is 6.92 Å². The van der Waals surface area contributed by atoms with Crippen molar-refractivity contribution < 1.29 is 0 Å². The van der Waals surface area contributed by atoms with Gasteiger partial charge < -0.3 is 9.88 Å². The smallest absolute Gasteiger partial charge is 0.169 e. The molecule has 0 amide bonds. The molecule has 5 rings (SSSR count). The van der Waals surface area contributed by atoms with Crippen molar-refractivity contribution in [3.05, 3.63) is 103 Å². The van der Waals surface area contributed by atoms with E-state index in [0.29, 0.717) is 0 Å². The van der Waals surface area contributed by atoms with Crippen LogP contribution in [0.15, 0.2) is 102 Å². The Morgan fingerprint density at radius 3 is 1.93 bits per heavy atom. The molecule has 0 bridgehead atoms. The van der Waals surface area contributed by atoms with Gasteiger partial charge in [-0.1, -0.05) is 54.6 Å². The first-order valence-corrected chi connectivity index (χ1v) is 10.9. The molecule has 0 fully saturated rings. The molecule has 1 aromatic heterocycles. The zero-order chi connectivity index (χ0) is 20.5. The Kier molecular flexibility index (Phi) is 5.01. The highest BCUT2D eigenvalue weighted by atomic mass is 127. The highest BCUT2D eigenvalue weighted by Crippen LogP contribution is 2.32. The van der Waals surface area contributed by atoms with E-state index in [0.717, 1.165) is 26.5 Å². The Balaban J connectivity index is 1.49. The summed E-state index contributed by atoms with van der Waals surface area (Å²) in [6.07, 6.45) is 0. The van der Waals surface area contributed by atoms with Gasteiger partial charge in [0.1, 0.15) is 0 Å². The van der Waals surface area contributed by atoms with E-state index in [2.05, 4.69) is 118 Å². The quantitative estimate of drug-likeness (QED) is 0.117. The predicted molar refractivity (Wildman–Crippen MR) is 137 cm³/mol. The minimum absolute atomic E-state index is 0.839. The third-order valence-electron chi connectivity index (χ3n) is 5.29. The first-order chi connectivity index (χ1) is 14.7. The Bertz CT molecular complexity index is 1330. The molecule has 0 saturated carbocycles. The van der Waals surface area contributed by atoms with Gasteiger partial charge in [-0.15, -0.1) is 0 Å². The first kappa shape index (κ1) is 18.9. The van der Waals surface area contributed by atoms with Gasteiger partial charge in [-0.25, -0.2) is 4.99 Å². The molecule has 3 nitrogen and oxygen atoms in total. The number of benzene rings is 4. The molecular weight excluding hydrogens is 481 g/mol. The van der Waals surface area contributed by atoms with Crippen LogP contribution in [0.25, 0.3) is 27.5 Å². The van der Waals surface area contributed by atoms with Gasteiger partial charge in [0, 0.05) is 22.1 Å². The third-order valence-corrected chi connectivity index (χ3v) is 5.80. The lowest BCUT2D eigenvalue weighted by molar-refractivity contribution is 1.18. The van der Waals surface area contributed by atoms with Crippen LogP contribution >= 0.6 is 22.6 Å². The molecule has 0 radical (unpaired) electrons. The van der Waals surface area contributed by atoms with Crippen LogP contribution in [0.4, 0.5) is 11.4 Å². The van der Waals surface area contributed by atoms with Crippen molar-refractivity contribution in [3.63, 3.8) is 0 Å². The van der Waals surface area contributed by atoms with E-state index >= 15 is 0 Å². The zero-order valence-corrected chi connectivity index (χ0v) is 18.7. The molecule has 4 aromatic carbocycles. The van der Waals surface area contributed by atoms with Gasteiger partial charge in [0.25, 0.3) is 0 Å². The molecule has 0 aliphatic rings. The molecule has 4 heteroatoms. The number of hydrogen-bond donors (Lipinski definition) is 1. The van der Waals surface area contributed by atoms with Crippen molar-refractivity contribution in [2.24, 2.45) is 4.99 Å². The van der Waals surface area contributed by atoms with Crippen LogP contribution in [0.3, 0.4) is 0 Å². The van der Waals surface area contributed by atoms with Crippen molar-refractivity contribution in [2.75, 3.05) is 5.32 Å². The molecule has 1 heterocycles. The van der Waals surface area contributed by atoms with E-state index in [4.69, 9.17) is 4.99 Å². The lowest BCUT2D eigenvalue weighted by Gasteiger charge is -2.10. The van der Waals surface area contributed by atoms with Crippen molar-refractivity contribution in [3.8, 4) is 5.69 Å². The number of fused-ring (bicyclic) bond motifs is 3. The Hall–Kier alpha value is -3.12. The zero-order valence-electron chi connectivity index (χ0n) is 16.5. The number of rotatable bonds is 3. The van der Waals surface area contributed by atoms with Crippen LogP contribution in [0.2, 0.25) is 0 Å². The average Bonchev–Trinajstić information content (AvgIpc) is 3.11. The first-order valence-electron chi connectivity index (χ1n) is 9.86. The maximum Gasteiger partial charge on any atom is 0.169 e. The Morgan fingerprint density at radius 2 is 1.30 bits per heavy atom. The second kappa shape index (κ2) is 7.95. The summed E-state index contributed by atoms with van der Waals surface area (Å²) in [6.45, 7) is 2.07. The highest BCUT2D eigenvalue weighted by molar-refractivity contribution is 14.1. The van der Waals surface area contributed by atoms with Gasteiger partial charge in [0.15, 0.2) is 3.84 Å². The normalized spacial score (nSPS) is 11.9.